The van der Waals surface area contributed by atoms with E-state index in [4.69, 9.17) is 4.74 Å². The quantitative estimate of drug-likeness (QED) is 0.576. The maximum atomic E-state index is 13.0. The lowest BCUT2D eigenvalue weighted by atomic mass is 10.2. The Bertz CT molecular complexity index is 1150. The Morgan fingerprint density at radius 3 is 2.39 bits per heavy atom. The van der Waals surface area contributed by atoms with Gasteiger partial charge in [0.25, 0.3) is 15.9 Å². The van der Waals surface area contributed by atoms with Gasteiger partial charge in [-0.25, -0.2) is 8.42 Å². The number of para-hydroxylation sites is 2. The number of rotatable bonds is 8. The molecular formula is C24H26N2O4S. The Balaban J connectivity index is 1.69. The summed E-state index contributed by atoms with van der Waals surface area (Å²) in [6.45, 7) is 4.09. The van der Waals surface area contributed by atoms with Gasteiger partial charge in [0.1, 0.15) is 12.4 Å². The lowest BCUT2D eigenvalue weighted by molar-refractivity contribution is 0.0926. The van der Waals surface area contributed by atoms with E-state index in [0.717, 1.165) is 11.3 Å². The number of hydrogen-bond acceptors (Lipinski definition) is 4. The summed E-state index contributed by atoms with van der Waals surface area (Å²) in [6, 6.07) is 22.2. The van der Waals surface area contributed by atoms with E-state index in [-0.39, 0.29) is 22.4 Å². The molecule has 1 amide bonds. The molecule has 0 spiro atoms. The average Bonchev–Trinajstić information content (AvgIpc) is 2.78. The van der Waals surface area contributed by atoms with E-state index in [0.29, 0.717) is 12.3 Å². The van der Waals surface area contributed by atoms with Crippen LogP contribution < -0.4 is 14.4 Å². The van der Waals surface area contributed by atoms with E-state index in [1.165, 1.54) is 23.5 Å². The highest BCUT2D eigenvalue weighted by Crippen LogP contribution is 2.22. The second-order valence-electron chi connectivity index (χ2n) is 7.29. The van der Waals surface area contributed by atoms with Crippen LogP contribution in [0.2, 0.25) is 0 Å². The van der Waals surface area contributed by atoms with Crippen molar-refractivity contribution >= 4 is 21.6 Å². The van der Waals surface area contributed by atoms with E-state index in [1.54, 1.807) is 36.4 Å². The number of amides is 1. The summed E-state index contributed by atoms with van der Waals surface area (Å²) < 4.78 is 33.0. The first-order valence-electron chi connectivity index (χ1n) is 9.92. The van der Waals surface area contributed by atoms with Crippen LogP contribution in [0.4, 0.5) is 5.69 Å². The van der Waals surface area contributed by atoms with Gasteiger partial charge in [0.2, 0.25) is 0 Å². The largest absolute Gasteiger partial charge is 0.491 e. The Labute approximate surface area is 183 Å². The second kappa shape index (κ2) is 9.66. The summed E-state index contributed by atoms with van der Waals surface area (Å²) in [5.41, 5.74) is 1.83. The molecule has 3 aromatic carbocycles. The monoisotopic (exact) mass is 438 g/mol. The number of benzene rings is 3. The summed E-state index contributed by atoms with van der Waals surface area (Å²) >= 11 is 0. The summed E-state index contributed by atoms with van der Waals surface area (Å²) in [5, 5.41) is 2.85. The minimum Gasteiger partial charge on any atom is -0.491 e. The third-order valence-electron chi connectivity index (χ3n) is 4.83. The molecule has 0 aliphatic carbocycles. The zero-order valence-corrected chi connectivity index (χ0v) is 18.6. The van der Waals surface area contributed by atoms with E-state index < -0.39 is 10.0 Å². The molecule has 0 heterocycles. The van der Waals surface area contributed by atoms with Gasteiger partial charge in [-0.15, -0.1) is 0 Å². The Morgan fingerprint density at radius 2 is 1.68 bits per heavy atom. The molecule has 0 aliphatic heterocycles. The van der Waals surface area contributed by atoms with Crippen molar-refractivity contribution in [2.24, 2.45) is 0 Å². The molecule has 162 valence electrons. The predicted octanol–water partition coefficient (Wildman–Crippen LogP) is 4.02. The first kappa shape index (κ1) is 22.4. The van der Waals surface area contributed by atoms with Gasteiger partial charge in [-0.1, -0.05) is 42.5 Å². The first-order valence-corrected chi connectivity index (χ1v) is 11.4. The molecule has 0 saturated carbocycles. The van der Waals surface area contributed by atoms with Crippen LogP contribution in [0.15, 0.2) is 83.8 Å². The van der Waals surface area contributed by atoms with Crippen molar-refractivity contribution in [1.82, 2.24) is 5.32 Å². The minimum atomic E-state index is -3.80. The number of hydrogen-bond donors (Lipinski definition) is 1. The Hall–Kier alpha value is -3.32. The van der Waals surface area contributed by atoms with Gasteiger partial charge in [0, 0.05) is 12.6 Å². The van der Waals surface area contributed by atoms with Crippen molar-refractivity contribution in [3.8, 4) is 5.75 Å². The van der Waals surface area contributed by atoms with Gasteiger partial charge in [-0.05, 0) is 55.8 Å². The molecule has 3 rings (SSSR count). The van der Waals surface area contributed by atoms with Crippen molar-refractivity contribution in [2.75, 3.05) is 18.0 Å². The fraction of sp³-hybridized carbons (Fsp3) is 0.208. The van der Waals surface area contributed by atoms with Gasteiger partial charge < -0.3 is 10.1 Å². The van der Waals surface area contributed by atoms with Crippen molar-refractivity contribution in [2.45, 2.75) is 24.8 Å². The third-order valence-corrected chi connectivity index (χ3v) is 6.62. The number of anilines is 1. The normalized spacial score (nSPS) is 12.1. The van der Waals surface area contributed by atoms with Crippen LogP contribution in [0.25, 0.3) is 0 Å². The topological polar surface area (TPSA) is 75.7 Å². The van der Waals surface area contributed by atoms with Crippen LogP contribution in [0.5, 0.6) is 5.75 Å². The zero-order chi connectivity index (χ0) is 22.4. The van der Waals surface area contributed by atoms with E-state index in [2.05, 4.69) is 5.32 Å². The number of sulfonamides is 1. The maximum Gasteiger partial charge on any atom is 0.264 e. The highest BCUT2D eigenvalue weighted by atomic mass is 32.2. The minimum absolute atomic E-state index is 0.0512. The fourth-order valence-electron chi connectivity index (χ4n) is 3.01. The fourth-order valence-corrected chi connectivity index (χ4v) is 4.26. The lowest BCUT2D eigenvalue weighted by Gasteiger charge is -2.20. The smallest absolute Gasteiger partial charge is 0.264 e. The van der Waals surface area contributed by atoms with E-state index >= 15 is 0 Å². The molecule has 6 nitrogen and oxygen atoms in total. The average molecular weight is 439 g/mol. The van der Waals surface area contributed by atoms with Gasteiger partial charge >= 0.3 is 0 Å². The van der Waals surface area contributed by atoms with Crippen molar-refractivity contribution in [1.29, 1.82) is 0 Å². The molecule has 3 aromatic rings. The molecule has 0 saturated heterocycles. The Kier molecular flexibility index (Phi) is 6.97. The molecule has 0 fully saturated rings. The van der Waals surface area contributed by atoms with Crippen LogP contribution >= 0.6 is 0 Å². The lowest BCUT2D eigenvalue weighted by Crippen LogP contribution is -2.37. The standard InChI is InChI=1S/C24H26N2O4S/c1-18-10-7-8-15-23(18)30-17-19(2)25-24(27)20-11-9-14-22(16-20)31(28,29)26(3)21-12-5-4-6-13-21/h4-16,19H,17H2,1-3H3,(H,25,27)/t19-/m1/s1. The predicted molar refractivity (Wildman–Crippen MR) is 122 cm³/mol. The van der Waals surface area contributed by atoms with Gasteiger partial charge in [-0.2, -0.15) is 0 Å². The van der Waals surface area contributed by atoms with Crippen molar-refractivity contribution < 1.29 is 17.9 Å². The van der Waals surface area contributed by atoms with E-state index in [9.17, 15) is 13.2 Å². The van der Waals surface area contributed by atoms with Crippen LogP contribution in [0, 0.1) is 6.92 Å². The third kappa shape index (κ3) is 5.44. The molecule has 0 radical (unpaired) electrons. The highest BCUT2D eigenvalue weighted by Gasteiger charge is 2.22. The number of aryl methyl sites for hydroxylation is 1. The molecule has 0 aliphatic rings. The second-order valence-corrected chi connectivity index (χ2v) is 9.26. The number of ether oxygens (including phenoxy) is 1. The Morgan fingerprint density at radius 1 is 1.00 bits per heavy atom. The van der Waals surface area contributed by atoms with Crippen molar-refractivity contribution in [3.63, 3.8) is 0 Å². The summed E-state index contributed by atoms with van der Waals surface area (Å²) in [4.78, 5) is 12.7. The van der Waals surface area contributed by atoms with Crippen LogP contribution in [-0.2, 0) is 10.0 Å². The van der Waals surface area contributed by atoms with Crippen LogP contribution in [-0.4, -0.2) is 34.0 Å². The highest BCUT2D eigenvalue weighted by molar-refractivity contribution is 7.92. The number of carbonyl (C=O) groups is 1. The maximum absolute atomic E-state index is 13.0. The molecule has 0 bridgehead atoms. The summed E-state index contributed by atoms with van der Waals surface area (Å²) in [5.74, 6) is 0.404. The van der Waals surface area contributed by atoms with Crippen molar-refractivity contribution in [3.05, 3.63) is 90.0 Å². The van der Waals surface area contributed by atoms with Gasteiger partial charge in [0.05, 0.1) is 16.6 Å². The molecule has 1 N–H and O–H groups in total. The van der Waals surface area contributed by atoms with Crippen LogP contribution in [0.3, 0.4) is 0 Å². The number of carbonyl (C=O) groups excluding carboxylic acids is 1. The number of nitrogens with zero attached hydrogens (tertiary/aromatic N) is 1. The molecule has 7 heteroatoms. The van der Waals surface area contributed by atoms with Gasteiger partial charge in [-0.3, -0.25) is 9.10 Å². The zero-order valence-electron chi connectivity index (χ0n) is 17.8. The molecular weight excluding hydrogens is 412 g/mol. The molecule has 31 heavy (non-hydrogen) atoms. The first-order chi connectivity index (χ1) is 14.8. The molecule has 0 aromatic heterocycles. The van der Waals surface area contributed by atoms with E-state index in [1.807, 2.05) is 44.2 Å². The SMILES string of the molecule is Cc1ccccc1OC[C@@H](C)NC(=O)c1cccc(S(=O)(=O)N(C)c2ccccc2)c1. The summed E-state index contributed by atoms with van der Waals surface area (Å²) in [6.07, 6.45) is 0. The van der Waals surface area contributed by atoms with Crippen LogP contribution in [0.1, 0.15) is 22.8 Å². The summed E-state index contributed by atoms with van der Waals surface area (Å²) in [7, 11) is -2.31. The molecule has 0 unspecified atom stereocenters. The van der Waals surface area contributed by atoms with Gasteiger partial charge in [0.15, 0.2) is 0 Å². The number of nitrogens with one attached hydrogen (secondary N) is 1. The molecule has 1 atom stereocenters.